The van der Waals surface area contributed by atoms with Gasteiger partial charge >= 0.3 is 0 Å². The van der Waals surface area contributed by atoms with Gasteiger partial charge in [0.1, 0.15) is 0 Å². The standard InChI is InChI=1S/C19H21N3O4S2/c23-27(24,16-7-8-16)21-11-9-19(14-21)17-5-1-2-6-18(17)28(25,26)22(19)13-15-4-3-10-20-12-15/h1-6,10,12,16H,7-9,11,13-14H2/t19-/m0/s1. The van der Waals surface area contributed by atoms with Gasteiger partial charge in [0.05, 0.1) is 15.7 Å². The summed E-state index contributed by atoms with van der Waals surface area (Å²) in [5.74, 6) is 0. The van der Waals surface area contributed by atoms with E-state index in [4.69, 9.17) is 0 Å². The maximum atomic E-state index is 13.4. The molecule has 1 aliphatic carbocycles. The molecule has 7 nitrogen and oxygen atoms in total. The number of hydrogen-bond acceptors (Lipinski definition) is 5. The lowest BCUT2D eigenvalue weighted by molar-refractivity contribution is 0.203. The van der Waals surface area contributed by atoms with E-state index < -0.39 is 25.6 Å². The average molecular weight is 420 g/mol. The van der Waals surface area contributed by atoms with Crippen LogP contribution in [0.3, 0.4) is 0 Å². The molecule has 28 heavy (non-hydrogen) atoms. The molecule has 1 aromatic heterocycles. The van der Waals surface area contributed by atoms with Crippen molar-refractivity contribution in [3.63, 3.8) is 0 Å². The second kappa shape index (κ2) is 6.09. The van der Waals surface area contributed by atoms with E-state index in [0.717, 1.165) is 5.56 Å². The van der Waals surface area contributed by atoms with Gasteiger partial charge in [-0.15, -0.1) is 0 Å². The molecule has 1 saturated heterocycles. The van der Waals surface area contributed by atoms with E-state index in [2.05, 4.69) is 4.98 Å². The Morgan fingerprint density at radius 1 is 1.14 bits per heavy atom. The number of pyridine rings is 1. The molecule has 0 N–H and O–H groups in total. The Labute approximate surface area is 165 Å². The van der Waals surface area contributed by atoms with Crippen LogP contribution in [0.1, 0.15) is 30.4 Å². The van der Waals surface area contributed by atoms with Gasteiger partial charge < -0.3 is 0 Å². The van der Waals surface area contributed by atoms with Crippen LogP contribution >= 0.6 is 0 Å². The first-order valence-electron chi connectivity index (χ1n) is 9.36. The van der Waals surface area contributed by atoms with Crippen molar-refractivity contribution in [3.05, 3.63) is 59.9 Å². The lowest BCUT2D eigenvalue weighted by Crippen LogP contribution is -2.46. The molecule has 2 aliphatic heterocycles. The summed E-state index contributed by atoms with van der Waals surface area (Å²) < 4.78 is 55.4. The van der Waals surface area contributed by atoms with Gasteiger partial charge in [-0.05, 0) is 42.5 Å². The molecule has 3 heterocycles. The van der Waals surface area contributed by atoms with Crippen LogP contribution in [0.15, 0.2) is 53.7 Å². The highest BCUT2D eigenvalue weighted by atomic mass is 32.2. The zero-order valence-corrected chi connectivity index (χ0v) is 16.9. The maximum Gasteiger partial charge on any atom is 0.244 e. The van der Waals surface area contributed by atoms with E-state index >= 15 is 0 Å². The summed E-state index contributed by atoms with van der Waals surface area (Å²) in [5.41, 5.74) is 0.613. The molecule has 2 fully saturated rings. The highest BCUT2D eigenvalue weighted by molar-refractivity contribution is 7.90. The summed E-state index contributed by atoms with van der Waals surface area (Å²) in [6, 6.07) is 10.6. The third-order valence-electron chi connectivity index (χ3n) is 6.00. The lowest BCUT2D eigenvalue weighted by Gasteiger charge is -2.34. The van der Waals surface area contributed by atoms with Gasteiger partial charge in [-0.25, -0.2) is 16.8 Å². The minimum Gasteiger partial charge on any atom is -0.264 e. The molecular formula is C19H21N3O4S2. The Morgan fingerprint density at radius 3 is 2.64 bits per heavy atom. The molecule has 1 saturated carbocycles. The third kappa shape index (κ3) is 2.57. The van der Waals surface area contributed by atoms with Gasteiger partial charge in [-0.3, -0.25) is 4.98 Å². The van der Waals surface area contributed by atoms with Gasteiger partial charge in [0.15, 0.2) is 0 Å². The largest absolute Gasteiger partial charge is 0.264 e. The normalized spacial score (nSPS) is 27.3. The summed E-state index contributed by atoms with van der Waals surface area (Å²) in [4.78, 5) is 4.38. The minimum atomic E-state index is -3.73. The summed E-state index contributed by atoms with van der Waals surface area (Å²) in [6.45, 7) is 0.677. The molecule has 148 valence electrons. The van der Waals surface area contributed by atoms with Crippen LogP contribution < -0.4 is 0 Å². The van der Waals surface area contributed by atoms with Gasteiger partial charge in [-0.2, -0.15) is 8.61 Å². The van der Waals surface area contributed by atoms with Crippen LogP contribution in [0.4, 0.5) is 0 Å². The Hall–Kier alpha value is -1.81. The maximum absolute atomic E-state index is 13.4. The van der Waals surface area contributed by atoms with Crippen molar-refractivity contribution in [2.24, 2.45) is 0 Å². The van der Waals surface area contributed by atoms with Crippen molar-refractivity contribution in [1.82, 2.24) is 13.6 Å². The van der Waals surface area contributed by atoms with Crippen LogP contribution in [0.5, 0.6) is 0 Å². The molecule has 9 heteroatoms. The van der Waals surface area contributed by atoms with Crippen molar-refractivity contribution < 1.29 is 16.8 Å². The summed E-state index contributed by atoms with van der Waals surface area (Å²) in [7, 11) is -7.09. The van der Waals surface area contributed by atoms with E-state index in [1.807, 2.05) is 18.2 Å². The number of nitrogens with zero attached hydrogens (tertiary/aromatic N) is 3. The van der Waals surface area contributed by atoms with Crippen molar-refractivity contribution in [2.45, 2.75) is 41.5 Å². The van der Waals surface area contributed by atoms with Gasteiger partial charge in [0.2, 0.25) is 20.0 Å². The molecule has 5 rings (SSSR count). The Morgan fingerprint density at radius 2 is 1.93 bits per heavy atom. The quantitative estimate of drug-likeness (QED) is 0.752. The molecule has 0 amide bonds. The molecule has 1 spiro atoms. The average Bonchev–Trinajstić information content (AvgIpc) is 3.43. The van der Waals surface area contributed by atoms with Crippen LogP contribution in [0.25, 0.3) is 0 Å². The number of fused-ring (bicyclic) bond motifs is 2. The van der Waals surface area contributed by atoms with Gasteiger partial charge in [0.25, 0.3) is 0 Å². The first-order valence-corrected chi connectivity index (χ1v) is 12.3. The predicted octanol–water partition coefficient (Wildman–Crippen LogP) is 1.68. The topological polar surface area (TPSA) is 87.7 Å². The smallest absolute Gasteiger partial charge is 0.244 e. The monoisotopic (exact) mass is 419 g/mol. The molecule has 0 bridgehead atoms. The fraction of sp³-hybridized carbons (Fsp3) is 0.421. The summed E-state index contributed by atoms with van der Waals surface area (Å²) in [6.07, 6.45) is 5.14. The van der Waals surface area contributed by atoms with E-state index in [1.54, 1.807) is 30.6 Å². The zero-order chi connectivity index (χ0) is 19.6. The summed E-state index contributed by atoms with van der Waals surface area (Å²) >= 11 is 0. The highest BCUT2D eigenvalue weighted by Crippen LogP contribution is 2.51. The zero-order valence-electron chi connectivity index (χ0n) is 15.2. The first kappa shape index (κ1) is 18.2. The third-order valence-corrected chi connectivity index (χ3v) is 10.3. The SMILES string of the molecule is O=S1(=O)c2ccccc2[C@@]2(CCN(S(=O)(=O)C3CC3)C2)N1Cc1cccnc1. The predicted molar refractivity (Wildman–Crippen MR) is 103 cm³/mol. The van der Waals surface area contributed by atoms with Crippen LogP contribution in [-0.2, 0) is 32.1 Å². The molecule has 0 unspecified atom stereocenters. The van der Waals surface area contributed by atoms with E-state index in [9.17, 15) is 16.8 Å². The second-order valence-corrected chi connectivity index (χ2v) is 11.8. The molecule has 3 aliphatic rings. The molecule has 1 atom stereocenters. The first-order chi connectivity index (χ1) is 13.4. The molecule has 1 aromatic carbocycles. The van der Waals surface area contributed by atoms with E-state index in [-0.39, 0.29) is 23.2 Å². The molecule has 0 radical (unpaired) electrons. The van der Waals surface area contributed by atoms with E-state index in [0.29, 0.717) is 31.4 Å². The number of benzene rings is 1. The van der Waals surface area contributed by atoms with E-state index in [1.165, 1.54) is 8.61 Å². The Balaban J connectivity index is 1.61. The van der Waals surface area contributed by atoms with Crippen LogP contribution in [-0.4, -0.2) is 48.8 Å². The van der Waals surface area contributed by atoms with Crippen molar-refractivity contribution in [1.29, 1.82) is 0 Å². The Bertz CT molecular complexity index is 1130. The molecule has 2 aromatic rings. The fourth-order valence-electron chi connectivity index (χ4n) is 4.43. The van der Waals surface area contributed by atoms with Crippen LogP contribution in [0, 0.1) is 0 Å². The Kier molecular flexibility index (Phi) is 3.97. The highest BCUT2D eigenvalue weighted by Gasteiger charge is 2.59. The number of aromatic nitrogens is 1. The minimum absolute atomic E-state index is 0.169. The number of rotatable bonds is 4. The summed E-state index contributed by atoms with van der Waals surface area (Å²) in [5, 5.41) is -0.303. The van der Waals surface area contributed by atoms with Crippen LogP contribution in [0.2, 0.25) is 0 Å². The van der Waals surface area contributed by atoms with Gasteiger partial charge in [0, 0.05) is 32.0 Å². The molecular weight excluding hydrogens is 398 g/mol. The van der Waals surface area contributed by atoms with Crippen molar-refractivity contribution in [2.75, 3.05) is 13.1 Å². The van der Waals surface area contributed by atoms with Crippen molar-refractivity contribution >= 4 is 20.0 Å². The second-order valence-electron chi connectivity index (χ2n) is 7.73. The van der Waals surface area contributed by atoms with Gasteiger partial charge in [-0.1, -0.05) is 24.3 Å². The number of sulfonamides is 2. The fourth-order valence-corrected chi connectivity index (χ4v) is 8.37. The lowest BCUT2D eigenvalue weighted by atomic mass is 9.89. The van der Waals surface area contributed by atoms with Crippen molar-refractivity contribution in [3.8, 4) is 0 Å². The number of hydrogen-bond donors (Lipinski definition) is 0.